The van der Waals surface area contributed by atoms with E-state index in [1.54, 1.807) is 12.1 Å². The molecule has 0 bridgehead atoms. The van der Waals surface area contributed by atoms with Gasteiger partial charge in [-0.3, -0.25) is 4.90 Å². The Morgan fingerprint density at radius 1 is 0.829 bits per heavy atom. The van der Waals surface area contributed by atoms with Crippen LogP contribution in [0.15, 0.2) is 48.5 Å². The number of methoxy groups -OCH3 is 1. The molecule has 3 aliphatic rings. The summed E-state index contributed by atoms with van der Waals surface area (Å²) in [6.45, 7) is 4.40. The number of hydrogen-bond donors (Lipinski definition) is 1. The maximum Gasteiger partial charge on any atom is 0.335 e. The SMILES string of the molecule is CO[C@]1(C2CCCCC2)CC[C@@H](N2CCN(c3ccc(-c4ccc(C(=O)O)cc4)cc3)CC2)CC1. The van der Waals surface area contributed by atoms with E-state index in [4.69, 9.17) is 9.84 Å². The van der Waals surface area contributed by atoms with Gasteiger partial charge in [0.25, 0.3) is 0 Å². The average molecular weight is 477 g/mol. The van der Waals surface area contributed by atoms with Crippen LogP contribution in [-0.4, -0.2) is 60.9 Å². The molecule has 0 unspecified atom stereocenters. The number of piperazine rings is 1. The number of aromatic carboxylic acids is 1. The van der Waals surface area contributed by atoms with Crippen LogP contribution < -0.4 is 4.90 Å². The van der Waals surface area contributed by atoms with Crippen LogP contribution in [0.4, 0.5) is 5.69 Å². The maximum atomic E-state index is 11.1. The fraction of sp³-hybridized carbons (Fsp3) is 0.567. The standard InChI is InChI=1S/C30H40N2O3/c1-35-30(26-5-3-2-4-6-26)17-15-28(16-18-30)32-21-19-31(20-22-32)27-13-11-24(12-14-27)23-7-9-25(10-8-23)29(33)34/h7-14,26,28H,2-6,15-22H2,1H3,(H,33,34)/t28-,30-. The number of benzene rings is 2. The number of carbonyl (C=O) groups is 1. The molecule has 1 heterocycles. The predicted molar refractivity (Wildman–Crippen MR) is 141 cm³/mol. The number of ether oxygens (including phenoxy) is 1. The third-order valence-electron chi connectivity index (χ3n) is 9.09. The normalized spacial score (nSPS) is 26.5. The van der Waals surface area contributed by atoms with E-state index in [9.17, 15) is 4.79 Å². The molecule has 2 aromatic carbocycles. The molecule has 0 atom stereocenters. The highest BCUT2D eigenvalue weighted by molar-refractivity contribution is 5.88. The second-order valence-corrected chi connectivity index (χ2v) is 10.8. The minimum absolute atomic E-state index is 0.147. The summed E-state index contributed by atoms with van der Waals surface area (Å²) < 4.78 is 6.23. The van der Waals surface area contributed by atoms with E-state index in [0.717, 1.165) is 43.2 Å². The quantitative estimate of drug-likeness (QED) is 0.547. The topological polar surface area (TPSA) is 53.0 Å². The summed E-state index contributed by atoms with van der Waals surface area (Å²) in [5.74, 6) is -0.112. The first-order valence-electron chi connectivity index (χ1n) is 13.6. The highest BCUT2D eigenvalue weighted by atomic mass is 16.5. The molecular weight excluding hydrogens is 436 g/mol. The highest BCUT2D eigenvalue weighted by Crippen LogP contribution is 2.44. The van der Waals surface area contributed by atoms with Crippen LogP contribution in [0.5, 0.6) is 0 Å². The third kappa shape index (κ3) is 5.26. The summed E-state index contributed by atoms with van der Waals surface area (Å²) in [6.07, 6.45) is 11.9. The van der Waals surface area contributed by atoms with E-state index in [0.29, 0.717) is 11.6 Å². The zero-order chi connectivity index (χ0) is 24.3. The van der Waals surface area contributed by atoms with Crippen molar-refractivity contribution in [3.63, 3.8) is 0 Å². The molecule has 1 aliphatic heterocycles. The molecule has 0 aromatic heterocycles. The van der Waals surface area contributed by atoms with Gasteiger partial charge in [0, 0.05) is 45.0 Å². The van der Waals surface area contributed by atoms with Crippen LogP contribution in [0.1, 0.15) is 68.1 Å². The monoisotopic (exact) mass is 476 g/mol. The van der Waals surface area contributed by atoms with Crippen molar-refractivity contribution in [1.82, 2.24) is 4.90 Å². The number of rotatable bonds is 6. The lowest BCUT2D eigenvalue weighted by molar-refractivity contribution is -0.105. The van der Waals surface area contributed by atoms with Crippen LogP contribution in [0, 0.1) is 5.92 Å². The zero-order valence-corrected chi connectivity index (χ0v) is 21.1. The lowest BCUT2D eigenvalue weighted by atomic mass is 9.68. The van der Waals surface area contributed by atoms with Crippen molar-refractivity contribution in [2.75, 3.05) is 38.2 Å². The molecule has 2 aromatic rings. The van der Waals surface area contributed by atoms with Gasteiger partial charge >= 0.3 is 5.97 Å². The van der Waals surface area contributed by atoms with Crippen LogP contribution in [0.3, 0.4) is 0 Å². The predicted octanol–water partition coefficient (Wildman–Crippen LogP) is 6.08. The molecule has 0 radical (unpaired) electrons. The van der Waals surface area contributed by atoms with Crippen molar-refractivity contribution in [3.8, 4) is 11.1 Å². The molecule has 35 heavy (non-hydrogen) atoms. The fourth-order valence-corrected chi connectivity index (χ4v) is 6.88. The molecule has 2 saturated carbocycles. The van der Waals surface area contributed by atoms with Gasteiger partial charge in [-0.05, 0) is 79.8 Å². The Balaban J connectivity index is 1.13. The van der Waals surface area contributed by atoms with E-state index >= 15 is 0 Å². The first-order valence-corrected chi connectivity index (χ1v) is 13.6. The molecule has 1 N–H and O–H groups in total. The van der Waals surface area contributed by atoms with Gasteiger partial charge in [0.05, 0.1) is 11.2 Å². The molecule has 5 rings (SSSR count). The molecule has 188 valence electrons. The molecular formula is C30H40N2O3. The van der Waals surface area contributed by atoms with Crippen molar-refractivity contribution in [2.24, 2.45) is 5.92 Å². The fourth-order valence-electron chi connectivity index (χ4n) is 6.88. The number of hydrogen-bond acceptors (Lipinski definition) is 4. The molecule has 5 nitrogen and oxygen atoms in total. The van der Waals surface area contributed by atoms with Crippen LogP contribution in [0.2, 0.25) is 0 Å². The Morgan fingerprint density at radius 3 is 1.94 bits per heavy atom. The van der Waals surface area contributed by atoms with Crippen LogP contribution >= 0.6 is 0 Å². The summed E-state index contributed by atoms with van der Waals surface area (Å²) in [4.78, 5) is 16.3. The van der Waals surface area contributed by atoms with Crippen molar-refractivity contribution in [3.05, 3.63) is 54.1 Å². The van der Waals surface area contributed by atoms with E-state index in [2.05, 4.69) is 34.1 Å². The van der Waals surface area contributed by atoms with Gasteiger partial charge in [-0.25, -0.2) is 4.79 Å². The lowest BCUT2D eigenvalue weighted by Gasteiger charge is -2.49. The van der Waals surface area contributed by atoms with Crippen molar-refractivity contribution < 1.29 is 14.6 Å². The Morgan fingerprint density at radius 2 is 1.40 bits per heavy atom. The molecule has 2 aliphatic carbocycles. The number of carboxylic acid groups (broad SMARTS) is 1. The summed E-state index contributed by atoms with van der Waals surface area (Å²) in [5, 5.41) is 9.10. The van der Waals surface area contributed by atoms with Gasteiger partial charge in [0.2, 0.25) is 0 Å². The first kappa shape index (κ1) is 24.3. The van der Waals surface area contributed by atoms with Crippen LogP contribution in [-0.2, 0) is 4.74 Å². The van der Waals surface area contributed by atoms with Gasteiger partial charge in [-0.1, -0.05) is 43.5 Å². The second-order valence-electron chi connectivity index (χ2n) is 10.8. The van der Waals surface area contributed by atoms with Crippen molar-refractivity contribution in [2.45, 2.75) is 69.4 Å². The van der Waals surface area contributed by atoms with Gasteiger partial charge in [-0.15, -0.1) is 0 Å². The Hall–Kier alpha value is -2.37. The van der Waals surface area contributed by atoms with Crippen molar-refractivity contribution >= 4 is 11.7 Å². The molecule has 5 heteroatoms. The smallest absolute Gasteiger partial charge is 0.335 e. The Bertz CT molecular complexity index is 966. The third-order valence-corrected chi connectivity index (χ3v) is 9.09. The minimum Gasteiger partial charge on any atom is -0.478 e. The Labute approximate surface area is 210 Å². The maximum absolute atomic E-state index is 11.1. The Kier molecular flexibility index (Phi) is 7.45. The first-order chi connectivity index (χ1) is 17.1. The second kappa shape index (κ2) is 10.7. The number of nitrogens with zero attached hydrogens (tertiary/aromatic N) is 2. The zero-order valence-electron chi connectivity index (χ0n) is 21.1. The van der Waals surface area contributed by atoms with E-state index in [-0.39, 0.29) is 5.60 Å². The molecule has 0 spiro atoms. The number of anilines is 1. The summed E-state index contributed by atoms with van der Waals surface area (Å²) in [6, 6.07) is 16.5. The summed E-state index contributed by atoms with van der Waals surface area (Å²) in [7, 11) is 1.96. The van der Waals surface area contributed by atoms with Crippen molar-refractivity contribution in [1.29, 1.82) is 0 Å². The van der Waals surface area contributed by atoms with E-state index in [1.807, 2.05) is 19.2 Å². The minimum atomic E-state index is -0.887. The largest absolute Gasteiger partial charge is 0.478 e. The molecule has 3 fully saturated rings. The molecule has 1 saturated heterocycles. The molecule has 0 amide bonds. The summed E-state index contributed by atoms with van der Waals surface area (Å²) >= 11 is 0. The van der Waals surface area contributed by atoms with Gasteiger partial charge < -0.3 is 14.7 Å². The van der Waals surface area contributed by atoms with Gasteiger partial charge in [0.1, 0.15) is 0 Å². The van der Waals surface area contributed by atoms with E-state index < -0.39 is 5.97 Å². The lowest BCUT2D eigenvalue weighted by Crippen LogP contribution is -2.54. The van der Waals surface area contributed by atoms with E-state index in [1.165, 1.54) is 63.5 Å². The van der Waals surface area contributed by atoms with Gasteiger partial charge in [-0.2, -0.15) is 0 Å². The van der Waals surface area contributed by atoms with Gasteiger partial charge in [0.15, 0.2) is 0 Å². The number of carboxylic acids is 1. The van der Waals surface area contributed by atoms with Crippen LogP contribution in [0.25, 0.3) is 11.1 Å². The average Bonchev–Trinajstić information content (AvgIpc) is 2.94. The highest BCUT2D eigenvalue weighted by Gasteiger charge is 2.43. The summed E-state index contributed by atoms with van der Waals surface area (Å²) in [5.41, 5.74) is 3.90.